The van der Waals surface area contributed by atoms with Gasteiger partial charge in [-0.05, 0) is 12.8 Å². The normalized spacial score (nSPS) is 11.7. The summed E-state index contributed by atoms with van der Waals surface area (Å²) in [6, 6.07) is 0. The highest BCUT2D eigenvalue weighted by Gasteiger charge is 2.65. The van der Waals surface area contributed by atoms with Crippen LogP contribution in [0.3, 0.4) is 0 Å². The molecular formula is C22H38O8. The maximum Gasteiger partial charge on any atom is 0.335 e. The van der Waals surface area contributed by atoms with Gasteiger partial charge in [-0.2, -0.15) is 0 Å². The fraction of sp³-hybridized carbons (Fsp3) is 0.818. The van der Waals surface area contributed by atoms with Crippen molar-refractivity contribution in [1.82, 2.24) is 0 Å². The number of hydrogen-bond acceptors (Lipinski definition) is 6. The fourth-order valence-electron chi connectivity index (χ4n) is 3.85. The predicted octanol–water partition coefficient (Wildman–Crippen LogP) is 4.20. The van der Waals surface area contributed by atoms with E-state index in [0.29, 0.717) is 12.8 Å². The quantitative estimate of drug-likeness (QED) is 0.200. The van der Waals surface area contributed by atoms with Crippen LogP contribution >= 0.6 is 0 Å². The second-order valence-electron chi connectivity index (χ2n) is 8.35. The van der Waals surface area contributed by atoms with Crippen molar-refractivity contribution >= 4 is 23.9 Å². The molecule has 174 valence electrons. The Morgan fingerprint density at radius 2 is 1.03 bits per heavy atom. The Morgan fingerprint density at radius 1 is 0.667 bits per heavy atom. The first-order chi connectivity index (χ1) is 14.1. The minimum Gasteiger partial charge on any atom is -0.481 e. The van der Waals surface area contributed by atoms with E-state index in [-0.39, 0.29) is 6.42 Å². The molecule has 0 bridgehead atoms. The highest BCUT2D eigenvalue weighted by Crippen LogP contribution is 2.45. The monoisotopic (exact) mass is 430 g/mol. The van der Waals surface area contributed by atoms with Gasteiger partial charge < -0.3 is 19.7 Å². The molecule has 2 N–H and O–H groups in total. The summed E-state index contributed by atoms with van der Waals surface area (Å²) in [4.78, 5) is 47.1. The van der Waals surface area contributed by atoms with Gasteiger partial charge in [0.2, 0.25) is 0 Å². The van der Waals surface area contributed by atoms with Gasteiger partial charge in [0.15, 0.2) is 0 Å². The van der Waals surface area contributed by atoms with Gasteiger partial charge in [0.1, 0.15) is 0 Å². The SMILES string of the molecule is COC(=O)C(C(=O)O)(C(=O)OC)C(C)(C)CCCCCCCCCCCCC(=O)O. The summed E-state index contributed by atoms with van der Waals surface area (Å²) in [5, 5.41) is 18.3. The minimum atomic E-state index is -2.39. The first kappa shape index (κ1) is 27.9. The molecule has 0 amide bonds. The lowest BCUT2D eigenvalue weighted by atomic mass is 9.62. The molecule has 0 aliphatic heterocycles. The molecule has 30 heavy (non-hydrogen) atoms. The summed E-state index contributed by atoms with van der Waals surface area (Å²) in [6.07, 6.45) is 10.3. The minimum absolute atomic E-state index is 0.242. The summed E-state index contributed by atoms with van der Waals surface area (Å²) in [7, 11) is 2.12. The molecule has 0 radical (unpaired) electrons. The Hall–Kier alpha value is -2.12. The van der Waals surface area contributed by atoms with Gasteiger partial charge in [-0.15, -0.1) is 0 Å². The van der Waals surface area contributed by atoms with Gasteiger partial charge in [0, 0.05) is 11.8 Å². The number of carboxylic acids is 2. The van der Waals surface area contributed by atoms with Crippen LogP contribution in [0.25, 0.3) is 0 Å². The van der Waals surface area contributed by atoms with Crippen LogP contribution in [0.15, 0.2) is 0 Å². The number of carboxylic acid groups (broad SMARTS) is 2. The van der Waals surface area contributed by atoms with Gasteiger partial charge in [-0.1, -0.05) is 71.6 Å². The maximum atomic E-state index is 12.3. The lowest BCUT2D eigenvalue weighted by molar-refractivity contribution is -0.189. The molecule has 0 unspecified atom stereocenters. The van der Waals surface area contributed by atoms with Crippen molar-refractivity contribution in [3.05, 3.63) is 0 Å². The van der Waals surface area contributed by atoms with E-state index in [4.69, 9.17) is 5.11 Å². The number of carbonyl (C=O) groups excluding carboxylic acids is 2. The van der Waals surface area contributed by atoms with Crippen molar-refractivity contribution in [2.45, 2.75) is 90.9 Å². The number of ether oxygens (including phenoxy) is 2. The Morgan fingerprint density at radius 3 is 1.37 bits per heavy atom. The first-order valence-corrected chi connectivity index (χ1v) is 10.7. The molecular weight excluding hydrogens is 392 g/mol. The average molecular weight is 431 g/mol. The molecule has 0 heterocycles. The van der Waals surface area contributed by atoms with E-state index < -0.39 is 34.7 Å². The molecule has 0 aromatic carbocycles. The molecule has 8 nitrogen and oxygen atoms in total. The lowest BCUT2D eigenvalue weighted by Crippen LogP contribution is -2.57. The molecule has 0 aromatic rings. The molecule has 8 heteroatoms. The molecule has 0 atom stereocenters. The molecule has 0 fully saturated rings. The predicted molar refractivity (Wildman–Crippen MR) is 111 cm³/mol. The van der Waals surface area contributed by atoms with E-state index >= 15 is 0 Å². The van der Waals surface area contributed by atoms with Crippen LogP contribution in [0.5, 0.6) is 0 Å². The number of rotatable bonds is 17. The number of hydrogen-bond donors (Lipinski definition) is 2. The third-order valence-corrected chi connectivity index (χ3v) is 5.76. The fourth-order valence-corrected chi connectivity index (χ4v) is 3.85. The molecule has 0 rings (SSSR count). The van der Waals surface area contributed by atoms with Crippen molar-refractivity contribution in [3.8, 4) is 0 Å². The van der Waals surface area contributed by atoms with E-state index in [2.05, 4.69) is 9.47 Å². The van der Waals surface area contributed by atoms with Crippen molar-refractivity contribution in [2.75, 3.05) is 14.2 Å². The van der Waals surface area contributed by atoms with Crippen molar-refractivity contribution in [2.24, 2.45) is 10.8 Å². The van der Waals surface area contributed by atoms with E-state index in [0.717, 1.165) is 72.0 Å². The van der Waals surface area contributed by atoms with Gasteiger partial charge in [-0.3, -0.25) is 19.2 Å². The first-order valence-electron chi connectivity index (χ1n) is 10.7. The summed E-state index contributed by atoms with van der Waals surface area (Å²) >= 11 is 0. The van der Waals surface area contributed by atoms with Gasteiger partial charge in [0.25, 0.3) is 5.41 Å². The van der Waals surface area contributed by atoms with Crippen LogP contribution in [-0.4, -0.2) is 48.3 Å². The third kappa shape index (κ3) is 7.95. The Kier molecular flexibility index (Phi) is 13.0. The number of esters is 2. The van der Waals surface area contributed by atoms with E-state index in [1.54, 1.807) is 13.8 Å². The molecule has 0 aliphatic rings. The Labute approximate surface area is 179 Å². The number of aliphatic carboxylic acids is 2. The van der Waals surface area contributed by atoms with Gasteiger partial charge >= 0.3 is 23.9 Å². The third-order valence-electron chi connectivity index (χ3n) is 5.76. The van der Waals surface area contributed by atoms with Gasteiger partial charge in [0.05, 0.1) is 14.2 Å². The van der Waals surface area contributed by atoms with E-state index in [1.165, 1.54) is 0 Å². The molecule has 0 aliphatic carbocycles. The zero-order valence-corrected chi connectivity index (χ0v) is 18.8. The standard InChI is InChI=1S/C22H38O8/c1-21(2,22(18(25)26,19(27)29-3)20(28)30-4)16-14-12-10-8-6-5-7-9-11-13-15-17(23)24/h5-16H2,1-4H3,(H,23,24)(H,25,26). The van der Waals surface area contributed by atoms with Gasteiger partial charge in [-0.25, -0.2) is 0 Å². The molecule has 0 aromatic heterocycles. The average Bonchev–Trinajstić information content (AvgIpc) is 2.67. The zero-order chi connectivity index (χ0) is 23.2. The number of methoxy groups -OCH3 is 2. The Bertz CT molecular complexity index is 551. The van der Waals surface area contributed by atoms with Crippen LogP contribution in [0.4, 0.5) is 0 Å². The molecule has 0 spiro atoms. The van der Waals surface area contributed by atoms with Crippen LogP contribution in [0.2, 0.25) is 0 Å². The summed E-state index contributed by atoms with van der Waals surface area (Å²) in [5.41, 5.74) is -3.56. The largest absolute Gasteiger partial charge is 0.481 e. The number of carbonyl (C=O) groups is 4. The molecule has 0 saturated carbocycles. The highest BCUT2D eigenvalue weighted by molar-refractivity contribution is 6.18. The van der Waals surface area contributed by atoms with Crippen LogP contribution < -0.4 is 0 Å². The van der Waals surface area contributed by atoms with Crippen molar-refractivity contribution < 1.29 is 38.9 Å². The summed E-state index contributed by atoms with van der Waals surface area (Å²) < 4.78 is 9.31. The van der Waals surface area contributed by atoms with E-state index in [9.17, 15) is 24.3 Å². The lowest BCUT2D eigenvalue weighted by Gasteiger charge is -2.38. The number of unbranched alkanes of at least 4 members (excludes halogenated alkanes) is 9. The second-order valence-corrected chi connectivity index (χ2v) is 8.35. The highest BCUT2D eigenvalue weighted by atomic mass is 16.6. The summed E-state index contributed by atoms with van der Waals surface area (Å²) in [6.45, 7) is 3.17. The van der Waals surface area contributed by atoms with Crippen molar-refractivity contribution in [3.63, 3.8) is 0 Å². The zero-order valence-electron chi connectivity index (χ0n) is 18.8. The van der Waals surface area contributed by atoms with Crippen LogP contribution in [-0.2, 0) is 28.7 Å². The smallest absolute Gasteiger partial charge is 0.335 e. The summed E-state index contributed by atoms with van der Waals surface area (Å²) in [5.74, 6) is -4.53. The van der Waals surface area contributed by atoms with Crippen LogP contribution in [0.1, 0.15) is 90.9 Å². The maximum absolute atomic E-state index is 12.3. The van der Waals surface area contributed by atoms with Crippen molar-refractivity contribution in [1.29, 1.82) is 0 Å². The molecule has 0 saturated heterocycles. The Balaban J connectivity index is 4.37. The topological polar surface area (TPSA) is 127 Å². The second kappa shape index (κ2) is 14.0. The van der Waals surface area contributed by atoms with Crippen LogP contribution in [0, 0.1) is 10.8 Å². The van der Waals surface area contributed by atoms with E-state index in [1.807, 2.05) is 0 Å².